The molecule has 0 unspecified atom stereocenters. The Morgan fingerprint density at radius 2 is 2.22 bits per heavy atom. The quantitative estimate of drug-likeness (QED) is 0.829. The number of hydrogen-bond acceptors (Lipinski definition) is 4. The lowest BCUT2D eigenvalue weighted by Crippen LogP contribution is -2.48. The van der Waals surface area contributed by atoms with Crippen molar-refractivity contribution >= 4 is 17.4 Å². The summed E-state index contributed by atoms with van der Waals surface area (Å²) in [5.74, 6) is 0.583. The van der Waals surface area contributed by atoms with Gasteiger partial charge in [-0.3, -0.25) is 0 Å². The standard InChI is InChI=1S/C17H29N3O2S/c1-5-13(6-2)15-9-14(7-8-22-15)20-17(21)19-12(4)16-18-10-11(3)23-16/h10,12-15H,5-9H2,1-4H3,(H2,19,20,21)/t12-,14+,15-/m0/s1. The smallest absolute Gasteiger partial charge is 0.315 e. The minimum atomic E-state index is -0.111. The van der Waals surface area contributed by atoms with Crippen LogP contribution in [0.3, 0.4) is 0 Å². The van der Waals surface area contributed by atoms with Gasteiger partial charge < -0.3 is 15.4 Å². The Morgan fingerprint density at radius 1 is 1.48 bits per heavy atom. The number of hydrogen-bond donors (Lipinski definition) is 2. The van der Waals surface area contributed by atoms with Gasteiger partial charge in [0.25, 0.3) is 0 Å². The third-order valence-corrected chi connectivity index (χ3v) is 5.68. The predicted molar refractivity (Wildman–Crippen MR) is 93.8 cm³/mol. The molecule has 0 aliphatic carbocycles. The Morgan fingerprint density at radius 3 is 2.83 bits per heavy atom. The van der Waals surface area contributed by atoms with Gasteiger partial charge in [0.1, 0.15) is 5.01 Å². The Bertz CT molecular complexity index is 502. The van der Waals surface area contributed by atoms with Gasteiger partial charge in [-0.05, 0) is 32.6 Å². The molecule has 1 aliphatic rings. The first-order valence-corrected chi connectivity index (χ1v) is 9.46. The molecule has 1 aromatic rings. The van der Waals surface area contributed by atoms with Crippen LogP contribution in [0.15, 0.2) is 6.20 Å². The number of ether oxygens (including phenoxy) is 1. The van der Waals surface area contributed by atoms with E-state index in [0.717, 1.165) is 42.2 Å². The van der Waals surface area contributed by atoms with Gasteiger partial charge in [-0.15, -0.1) is 11.3 Å². The van der Waals surface area contributed by atoms with Crippen molar-refractivity contribution < 1.29 is 9.53 Å². The van der Waals surface area contributed by atoms with Crippen LogP contribution in [0.2, 0.25) is 0 Å². The molecule has 1 aromatic heterocycles. The summed E-state index contributed by atoms with van der Waals surface area (Å²) < 4.78 is 5.91. The number of nitrogens with zero attached hydrogens (tertiary/aromatic N) is 1. The van der Waals surface area contributed by atoms with E-state index in [9.17, 15) is 4.79 Å². The minimum absolute atomic E-state index is 0.0663. The first kappa shape index (κ1) is 18.2. The highest BCUT2D eigenvalue weighted by atomic mass is 32.1. The molecular formula is C17H29N3O2S. The molecule has 23 heavy (non-hydrogen) atoms. The second kappa shape index (κ2) is 8.64. The summed E-state index contributed by atoms with van der Waals surface area (Å²) in [6.07, 6.45) is 6.15. The third kappa shape index (κ3) is 5.18. The van der Waals surface area contributed by atoms with Crippen molar-refractivity contribution in [2.75, 3.05) is 6.61 Å². The molecule has 2 N–H and O–H groups in total. The van der Waals surface area contributed by atoms with Crippen LogP contribution < -0.4 is 10.6 Å². The maximum Gasteiger partial charge on any atom is 0.315 e. The predicted octanol–water partition coefficient (Wildman–Crippen LogP) is 3.80. The molecule has 130 valence electrons. The average molecular weight is 340 g/mol. The van der Waals surface area contributed by atoms with E-state index in [0.29, 0.717) is 5.92 Å². The Balaban J connectivity index is 1.82. The van der Waals surface area contributed by atoms with Crippen LogP contribution in [0.1, 0.15) is 62.4 Å². The fraction of sp³-hybridized carbons (Fsp3) is 0.765. The van der Waals surface area contributed by atoms with Crippen LogP contribution >= 0.6 is 11.3 Å². The number of urea groups is 1. The van der Waals surface area contributed by atoms with Gasteiger partial charge in [0, 0.05) is 23.7 Å². The summed E-state index contributed by atoms with van der Waals surface area (Å²) in [6, 6.07) is 0.0171. The molecule has 1 fully saturated rings. The highest BCUT2D eigenvalue weighted by Crippen LogP contribution is 2.25. The number of rotatable bonds is 6. The number of carbonyl (C=O) groups is 1. The van der Waals surface area contributed by atoms with E-state index >= 15 is 0 Å². The lowest BCUT2D eigenvalue weighted by Gasteiger charge is -2.34. The second-order valence-electron chi connectivity index (χ2n) is 6.36. The highest BCUT2D eigenvalue weighted by molar-refractivity contribution is 7.11. The highest BCUT2D eigenvalue weighted by Gasteiger charge is 2.28. The zero-order valence-corrected chi connectivity index (χ0v) is 15.4. The molecule has 2 rings (SSSR count). The van der Waals surface area contributed by atoms with Crippen molar-refractivity contribution in [3.8, 4) is 0 Å². The van der Waals surface area contributed by atoms with E-state index in [1.165, 1.54) is 0 Å². The number of aromatic nitrogens is 1. The zero-order valence-electron chi connectivity index (χ0n) is 14.6. The van der Waals surface area contributed by atoms with E-state index in [-0.39, 0.29) is 24.2 Å². The Hall–Kier alpha value is -1.14. The van der Waals surface area contributed by atoms with Gasteiger partial charge in [0.2, 0.25) is 0 Å². The van der Waals surface area contributed by atoms with Crippen LogP contribution in [-0.2, 0) is 4.74 Å². The molecular weight excluding hydrogens is 310 g/mol. The fourth-order valence-electron chi connectivity index (χ4n) is 3.16. The molecule has 6 heteroatoms. The van der Waals surface area contributed by atoms with E-state index in [1.807, 2.05) is 20.0 Å². The molecule has 3 atom stereocenters. The van der Waals surface area contributed by atoms with E-state index in [1.54, 1.807) is 11.3 Å². The molecule has 0 aromatic carbocycles. The molecule has 2 heterocycles. The van der Waals surface area contributed by atoms with Gasteiger partial charge >= 0.3 is 6.03 Å². The second-order valence-corrected chi connectivity index (χ2v) is 7.62. The van der Waals surface area contributed by atoms with Crippen molar-refractivity contribution in [2.24, 2.45) is 5.92 Å². The molecule has 0 saturated carbocycles. The van der Waals surface area contributed by atoms with E-state index in [4.69, 9.17) is 4.74 Å². The maximum absolute atomic E-state index is 12.2. The average Bonchev–Trinajstić information content (AvgIpc) is 2.95. The Kier molecular flexibility index (Phi) is 6.84. The SMILES string of the molecule is CCC(CC)[C@@H]1C[C@H](NC(=O)N[C@@H](C)c2ncc(C)s2)CCO1. The Labute approximate surface area is 143 Å². The maximum atomic E-state index is 12.2. The van der Waals surface area contributed by atoms with Crippen molar-refractivity contribution in [1.82, 2.24) is 15.6 Å². The normalized spacial score (nSPS) is 22.8. The first-order chi connectivity index (χ1) is 11.0. The minimum Gasteiger partial charge on any atom is -0.378 e. The van der Waals surface area contributed by atoms with Crippen LogP contribution in [0, 0.1) is 12.8 Å². The number of nitrogens with one attached hydrogen (secondary N) is 2. The van der Waals surface area contributed by atoms with Crippen LogP contribution in [-0.4, -0.2) is 29.8 Å². The summed E-state index contributed by atoms with van der Waals surface area (Å²) >= 11 is 1.62. The largest absolute Gasteiger partial charge is 0.378 e. The summed E-state index contributed by atoms with van der Waals surface area (Å²) in [6.45, 7) is 9.13. The molecule has 2 amide bonds. The lowest BCUT2D eigenvalue weighted by molar-refractivity contribution is -0.0331. The molecule has 0 spiro atoms. The fourth-order valence-corrected chi connectivity index (χ4v) is 3.94. The van der Waals surface area contributed by atoms with Crippen LogP contribution in [0.5, 0.6) is 0 Å². The van der Waals surface area contributed by atoms with Crippen LogP contribution in [0.25, 0.3) is 0 Å². The first-order valence-electron chi connectivity index (χ1n) is 8.64. The van der Waals surface area contributed by atoms with Gasteiger partial charge in [-0.1, -0.05) is 26.7 Å². The van der Waals surface area contributed by atoms with Crippen molar-refractivity contribution in [3.63, 3.8) is 0 Å². The van der Waals surface area contributed by atoms with Crippen molar-refractivity contribution in [1.29, 1.82) is 0 Å². The molecule has 0 bridgehead atoms. The zero-order chi connectivity index (χ0) is 16.8. The van der Waals surface area contributed by atoms with Gasteiger partial charge in [-0.2, -0.15) is 0 Å². The molecule has 0 radical (unpaired) electrons. The topological polar surface area (TPSA) is 63.2 Å². The summed E-state index contributed by atoms with van der Waals surface area (Å²) in [5, 5.41) is 7.04. The molecule has 5 nitrogen and oxygen atoms in total. The number of carbonyl (C=O) groups excluding carboxylic acids is 1. The molecule has 1 aliphatic heterocycles. The number of thiazole rings is 1. The summed E-state index contributed by atoms with van der Waals surface area (Å²) in [5.41, 5.74) is 0. The van der Waals surface area contributed by atoms with Gasteiger partial charge in [0.05, 0.1) is 12.1 Å². The summed E-state index contributed by atoms with van der Waals surface area (Å²) in [7, 11) is 0. The summed E-state index contributed by atoms with van der Waals surface area (Å²) in [4.78, 5) is 17.7. The van der Waals surface area contributed by atoms with Gasteiger partial charge in [0.15, 0.2) is 0 Å². The lowest BCUT2D eigenvalue weighted by atomic mass is 9.89. The number of amides is 2. The van der Waals surface area contributed by atoms with Crippen LogP contribution in [0.4, 0.5) is 4.79 Å². The van der Waals surface area contributed by atoms with Gasteiger partial charge in [-0.25, -0.2) is 9.78 Å². The third-order valence-electron chi connectivity index (χ3n) is 4.58. The molecule has 1 saturated heterocycles. The number of aryl methyl sites for hydroxylation is 1. The van der Waals surface area contributed by atoms with E-state index < -0.39 is 0 Å². The van der Waals surface area contributed by atoms with Crippen molar-refractivity contribution in [2.45, 2.75) is 71.6 Å². The monoisotopic (exact) mass is 339 g/mol. The van der Waals surface area contributed by atoms with E-state index in [2.05, 4.69) is 29.5 Å². The van der Waals surface area contributed by atoms with Crippen molar-refractivity contribution in [3.05, 3.63) is 16.1 Å².